The summed E-state index contributed by atoms with van der Waals surface area (Å²) in [6.45, 7) is 8.00. The van der Waals surface area contributed by atoms with Gasteiger partial charge in [-0.2, -0.15) is 0 Å². The van der Waals surface area contributed by atoms with E-state index >= 15 is 0 Å². The molecule has 2 heterocycles. The van der Waals surface area contributed by atoms with Gasteiger partial charge in [0.15, 0.2) is 16.1 Å². The summed E-state index contributed by atoms with van der Waals surface area (Å²) in [5.41, 5.74) is 3.11. The normalized spacial score (nSPS) is 10.7. The van der Waals surface area contributed by atoms with Crippen molar-refractivity contribution in [1.29, 1.82) is 0 Å². The van der Waals surface area contributed by atoms with Crippen LogP contribution in [0, 0.1) is 6.92 Å². The van der Waals surface area contributed by atoms with Gasteiger partial charge in [-0.1, -0.05) is 41.6 Å². The molecule has 1 aromatic carbocycles. The van der Waals surface area contributed by atoms with Gasteiger partial charge in [0.25, 0.3) is 0 Å². The molecule has 0 saturated heterocycles. The molecule has 8 heteroatoms. The highest BCUT2D eigenvalue weighted by Crippen LogP contribution is 2.28. The number of rotatable bonds is 7. The van der Waals surface area contributed by atoms with Crippen LogP contribution < -0.4 is 5.32 Å². The number of thiazole rings is 1. The number of carbonyl (C=O) groups is 1. The SMILES string of the molecule is C=CCn1c(SCc2csc(NC(C)=O)n2)nnc1-c1cccc(C)c1. The average Bonchev–Trinajstić information content (AvgIpc) is 3.20. The molecule has 0 atom stereocenters. The van der Waals surface area contributed by atoms with Crippen LogP contribution in [-0.4, -0.2) is 25.7 Å². The Morgan fingerprint density at radius 2 is 2.27 bits per heavy atom. The maximum absolute atomic E-state index is 11.1. The van der Waals surface area contributed by atoms with Crippen molar-refractivity contribution in [2.24, 2.45) is 0 Å². The minimum Gasteiger partial charge on any atom is -0.302 e. The predicted molar refractivity (Wildman–Crippen MR) is 106 cm³/mol. The Bertz CT molecular complexity index is 931. The molecule has 1 N–H and O–H groups in total. The van der Waals surface area contributed by atoms with E-state index in [0.717, 1.165) is 22.2 Å². The molecule has 2 aromatic heterocycles. The molecule has 134 valence electrons. The lowest BCUT2D eigenvalue weighted by atomic mass is 10.1. The first-order chi connectivity index (χ1) is 12.6. The van der Waals surface area contributed by atoms with Crippen LogP contribution in [0.1, 0.15) is 18.2 Å². The number of thioether (sulfide) groups is 1. The Hall–Kier alpha value is -2.45. The van der Waals surface area contributed by atoms with E-state index in [4.69, 9.17) is 0 Å². The number of hydrogen-bond donors (Lipinski definition) is 1. The average molecular weight is 386 g/mol. The summed E-state index contributed by atoms with van der Waals surface area (Å²) in [6.07, 6.45) is 1.84. The Labute approximate surface area is 160 Å². The Balaban J connectivity index is 1.78. The van der Waals surface area contributed by atoms with Crippen LogP contribution in [0.2, 0.25) is 0 Å². The van der Waals surface area contributed by atoms with E-state index in [1.165, 1.54) is 23.8 Å². The maximum atomic E-state index is 11.1. The number of carbonyl (C=O) groups excluding carboxylic acids is 1. The minimum absolute atomic E-state index is 0.118. The number of benzene rings is 1. The van der Waals surface area contributed by atoms with Crippen LogP contribution in [0.4, 0.5) is 5.13 Å². The molecule has 3 aromatic rings. The summed E-state index contributed by atoms with van der Waals surface area (Å²) in [5.74, 6) is 1.36. The fourth-order valence-corrected chi connectivity index (χ4v) is 4.11. The molecule has 0 aliphatic rings. The largest absolute Gasteiger partial charge is 0.302 e. The van der Waals surface area contributed by atoms with Gasteiger partial charge in [0, 0.05) is 30.2 Å². The van der Waals surface area contributed by atoms with Crippen LogP contribution in [0.5, 0.6) is 0 Å². The van der Waals surface area contributed by atoms with Crippen molar-refractivity contribution in [1.82, 2.24) is 19.7 Å². The first kappa shape index (κ1) is 18.3. The third-order valence-electron chi connectivity index (χ3n) is 3.49. The van der Waals surface area contributed by atoms with Crippen molar-refractivity contribution in [3.8, 4) is 11.4 Å². The molecule has 0 aliphatic heterocycles. The highest BCUT2D eigenvalue weighted by molar-refractivity contribution is 7.98. The van der Waals surface area contributed by atoms with Gasteiger partial charge in [-0.3, -0.25) is 9.36 Å². The third-order valence-corrected chi connectivity index (χ3v) is 5.30. The van der Waals surface area contributed by atoms with Gasteiger partial charge < -0.3 is 5.32 Å². The van der Waals surface area contributed by atoms with Crippen molar-refractivity contribution in [2.45, 2.75) is 31.3 Å². The van der Waals surface area contributed by atoms with Crippen molar-refractivity contribution < 1.29 is 4.79 Å². The van der Waals surface area contributed by atoms with Crippen LogP contribution in [-0.2, 0) is 17.1 Å². The molecule has 0 fully saturated rings. The topological polar surface area (TPSA) is 72.7 Å². The van der Waals surface area contributed by atoms with Crippen LogP contribution in [0.3, 0.4) is 0 Å². The summed E-state index contributed by atoms with van der Waals surface area (Å²) >= 11 is 2.98. The molecule has 0 saturated carbocycles. The number of hydrogen-bond acceptors (Lipinski definition) is 6. The minimum atomic E-state index is -0.118. The van der Waals surface area contributed by atoms with E-state index < -0.39 is 0 Å². The molecule has 0 radical (unpaired) electrons. The molecule has 0 spiro atoms. The van der Waals surface area contributed by atoms with Crippen LogP contribution in [0.15, 0.2) is 47.5 Å². The zero-order valence-electron chi connectivity index (χ0n) is 14.6. The third kappa shape index (κ3) is 4.39. The Morgan fingerprint density at radius 1 is 1.42 bits per heavy atom. The number of amides is 1. The van der Waals surface area contributed by atoms with E-state index in [0.29, 0.717) is 17.4 Å². The van der Waals surface area contributed by atoms with E-state index in [1.807, 2.05) is 28.2 Å². The standard InChI is InChI=1S/C18H19N5OS2/c1-4-8-23-16(14-7-5-6-12(2)9-14)21-22-18(23)26-11-15-10-25-17(20-15)19-13(3)24/h4-7,9-10H,1,8,11H2,2-3H3,(H,19,20,24). The van der Waals surface area contributed by atoms with Crippen molar-refractivity contribution >= 4 is 34.1 Å². The molecule has 0 aliphatic carbocycles. The van der Waals surface area contributed by atoms with E-state index in [9.17, 15) is 4.79 Å². The number of allylic oxidation sites excluding steroid dienone is 1. The summed E-state index contributed by atoms with van der Waals surface area (Å²) in [5, 5.41) is 14.8. The first-order valence-corrected chi connectivity index (χ1v) is 9.89. The van der Waals surface area contributed by atoms with Crippen molar-refractivity contribution in [3.63, 3.8) is 0 Å². The predicted octanol–water partition coefficient (Wildman–Crippen LogP) is 4.15. The second-order valence-electron chi connectivity index (χ2n) is 5.69. The molecule has 0 unspecified atom stereocenters. The number of nitrogens with one attached hydrogen (secondary N) is 1. The summed E-state index contributed by atoms with van der Waals surface area (Å²) in [7, 11) is 0. The molecular weight excluding hydrogens is 366 g/mol. The highest BCUT2D eigenvalue weighted by atomic mass is 32.2. The second-order valence-corrected chi connectivity index (χ2v) is 7.49. The monoisotopic (exact) mass is 385 g/mol. The molecule has 26 heavy (non-hydrogen) atoms. The zero-order chi connectivity index (χ0) is 18.5. The van der Waals surface area contributed by atoms with Crippen molar-refractivity contribution in [2.75, 3.05) is 5.32 Å². The van der Waals surface area contributed by atoms with E-state index in [1.54, 1.807) is 11.8 Å². The lowest BCUT2D eigenvalue weighted by Gasteiger charge is -2.07. The Kier molecular flexibility index (Phi) is 5.85. The second kappa shape index (κ2) is 8.29. The Morgan fingerprint density at radius 3 is 3.00 bits per heavy atom. The fourth-order valence-electron chi connectivity index (χ4n) is 2.41. The summed E-state index contributed by atoms with van der Waals surface area (Å²) < 4.78 is 2.05. The smallest absolute Gasteiger partial charge is 0.223 e. The zero-order valence-corrected chi connectivity index (χ0v) is 16.2. The van der Waals surface area contributed by atoms with Gasteiger partial charge in [-0.15, -0.1) is 28.1 Å². The maximum Gasteiger partial charge on any atom is 0.223 e. The number of anilines is 1. The van der Waals surface area contributed by atoms with Crippen molar-refractivity contribution in [3.05, 3.63) is 53.6 Å². The fraction of sp³-hybridized carbons (Fsp3) is 0.222. The number of aryl methyl sites for hydroxylation is 1. The van der Waals surface area contributed by atoms with E-state index in [2.05, 4.69) is 46.1 Å². The van der Waals surface area contributed by atoms with E-state index in [-0.39, 0.29) is 5.91 Å². The van der Waals surface area contributed by atoms with Gasteiger partial charge >= 0.3 is 0 Å². The number of nitrogens with zero attached hydrogens (tertiary/aromatic N) is 4. The summed E-state index contributed by atoms with van der Waals surface area (Å²) in [4.78, 5) is 15.5. The van der Waals surface area contributed by atoms with Gasteiger partial charge in [0.05, 0.1) is 5.69 Å². The molecule has 6 nitrogen and oxygen atoms in total. The van der Waals surface area contributed by atoms with Gasteiger partial charge in [-0.25, -0.2) is 4.98 Å². The summed E-state index contributed by atoms with van der Waals surface area (Å²) in [6, 6.07) is 8.20. The van der Waals surface area contributed by atoms with Crippen LogP contribution >= 0.6 is 23.1 Å². The lowest BCUT2D eigenvalue weighted by Crippen LogP contribution is -2.05. The molecule has 3 rings (SSSR count). The van der Waals surface area contributed by atoms with Gasteiger partial charge in [0.2, 0.25) is 5.91 Å². The lowest BCUT2D eigenvalue weighted by molar-refractivity contribution is -0.114. The van der Waals surface area contributed by atoms with Gasteiger partial charge in [-0.05, 0) is 13.0 Å². The first-order valence-electron chi connectivity index (χ1n) is 8.02. The van der Waals surface area contributed by atoms with Crippen LogP contribution in [0.25, 0.3) is 11.4 Å². The van der Waals surface area contributed by atoms with Gasteiger partial charge in [0.1, 0.15) is 0 Å². The highest BCUT2D eigenvalue weighted by Gasteiger charge is 2.14. The quantitative estimate of drug-likeness (QED) is 0.489. The molecule has 0 bridgehead atoms. The molecular formula is C18H19N5OS2. The molecule has 1 amide bonds. The number of aromatic nitrogens is 4.